The molecule has 1 heterocycles. The fourth-order valence-electron chi connectivity index (χ4n) is 2.40. The maximum absolute atomic E-state index is 12.1. The normalized spacial score (nSPS) is 15.1. The predicted molar refractivity (Wildman–Crippen MR) is 72.0 cm³/mol. The first-order valence-corrected chi connectivity index (χ1v) is 6.63. The molecule has 0 aromatic heterocycles. The molecule has 1 aromatic carbocycles. The van der Waals surface area contributed by atoms with E-state index in [2.05, 4.69) is 19.2 Å². The van der Waals surface area contributed by atoms with Crippen molar-refractivity contribution in [3.8, 4) is 5.75 Å². The van der Waals surface area contributed by atoms with E-state index in [4.69, 9.17) is 4.74 Å². The maximum Gasteiger partial charge on any atom is 0.251 e. The van der Waals surface area contributed by atoms with Gasteiger partial charge in [-0.1, -0.05) is 13.8 Å². The quantitative estimate of drug-likeness (QED) is 0.888. The van der Waals surface area contributed by atoms with Gasteiger partial charge in [-0.25, -0.2) is 0 Å². The molecule has 1 amide bonds. The van der Waals surface area contributed by atoms with Crippen LogP contribution in [0.3, 0.4) is 0 Å². The Bertz CT molecular complexity index is 440. The standard InChI is InChI=1S/C15H21NO2/c1-10(2)8-11(3)16-15(17)13-4-5-14-12(9-13)6-7-18-14/h4-5,9-11H,6-8H2,1-3H3,(H,16,17). The van der Waals surface area contributed by atoms with E-state index in [-0.39, 0.29) is 11.9 Å². The highest BCUT2D eigenvalue weighted by molar-refractivity contribution is 5.94. The SMILES string of the molecule is CC(C)CC(C)NC(=O)c1ccc2c(c1)CCO2. The fraction of sp³-hybridized carbons (Fsp3) is 0.533. The molecule has 0 aliphatic carbocycles. The van der Waals surface area contributed by atoms with Gasteiger partial charge in [0.1, 0.15) is 5.75 Å². The molecular weight excluding hydrogens is 226 g/mol. The monoisotopic (exact) mass is 247 g/mol. The van der Waals surface area contributed by atoms with Crippen molar-refractivity contribution in [3.05, 3.63) is 29.3 Å². The summed E-state index contributed by atoms with van der Waals surface area (Å²) in [6, 6.07) is 5.88. The summed E-state index contributed by atoms with van der Waals surface area (Å²) >= 11 is 0. The first-order chi connectivity index (χ1) is 8.56. The second-order valence-corrected chi connectivity index (χ2v) is 5.43. The van der Waals surface area contributed by atoms with Gasteiger partial charge in [-0.3, -0.25) is 4.79 Å². The molecule has 1 N–H and O–H groups in total. The topological polar surface area (TPSA) is 38.3 Å². The van der Waals surface area contributed by atoms with E-state index in [1.807, 2.05) is 25.1 Å². The Morgan fingerprint density at radius 2 is 2.17 bits per heavy atom. The van der Waals surface area contributed by atoms with Gasteiger partial charge in [0, 0.05) is 18.0 Å². The van der Waals surface area contributed by atoms with Gasteiger partial charge in [-0.15, -0.1) is 0 Å². The zero-order chi connectivity index (χ0) is 13.1. The van der Waals surface area contributed by atoms with Crippen LogP contribution in [0.2, 0.25) is 0 Å². The Balaban J connectivity index is 2.01. The van der Waals surface area contributed by atoms with Gasteiger partial charge in [0.2, 0.25) is 0 Å². The number of rotatable bonds is 4. The van der Waals surface area contributed by atoms with Crippen LogP contribution in [0.1, 0.15) is 43.1 Å². The Kier molecular flexibility index (Phi) is 3.90. The third kappa shape index (κ3) is 3.03. The molecule has 2 rings (SSSR count). The van der Waals surface area contributed by atoms with Crippen molar-refractivity contribution in [2.24, 2.45) is 5.92 Å². The number of ether oxygens (including phenoxy) is 1. The number of carbonyl (C=O) groups excluding carboxylic acids is 1. The minimum absolute atomic E-state index is 0.0119. The summed E-state index contributed by atoms with van der Waals surface area (Å²) in [4.78, 5) is 12.1. The van der Waals surface area contributed by atoms with Crippen LogP contribution in [0.25, 0.3) is 0 Å². The number of nitrogens with one attached hydrogen (secondary N) is 1. The smallest absolute Gasteiger partial charge is 0.251 e. The second-order valence-electron chi connectivity index (χ2n) is 5.43. The Morgan fingerprint density at radius 1 is 1.39 bits per heavy atom. The van der Waals surface area contributed by atoms with Crippen LogP contribution in [0.5, 0.6) is 5.75 Å². The minimum Gasteiger partial charge on any atom is -0.493 e. The van der Waals surface area contributed by atoms with Gasteiger partial charge in [0.05, 0.1) is 6.61 Å². The van der Waals surface area contributed by atoms with Crippen molar-refractivity contribution in [3.63, 3.8) is 0 Å². The molecule has 0 saturated carbocycles. The zero-order valence-corrected chi connectivity index (χ0v) is 11.3. The summed E-state index contributed by atoms with van der Waals surface area (Å²) in [6.07, 6.45) is 1.90. The lowest BCUT2D eigenvalue weighted by Crippen LogP contribution is -2.33. The molecular formula is C15H21NO2. The van der Waals surface area contributed by atoms with Gasteiger partial charge in [0.15, 0.2) is 0 Å². The fourth-order valence-corrected chi connectivity index (χ4v) is 2.40. The zero-order valence-electron chi connectivity index (χ0n) is 11.3. The molecule has 0 radical (unpaired) electrons. The first kappa shape index (κ1) is 12.9. The number of hydrogen-bond acceptors (Lipinski definition) is 2. The van der Waals surface area contributed by atoms with E-state index < -0.39 is 0 Å². The van der Waals surface area contributed by atoms with Crippen molar-refractivity contribution in [2.45, 2.75) is 39.7 Å². The highest BCUT2D eigenvalue weighted by Crippen LogP contribution is 2.25. The Hall–Kier alpha value is -1.51. The molecule has 98 valence electrons. The molecule has 3 heteroatoms. The molecule has 0 saturated heterocycles. The Morgan fingerprint density at radius 3 is 2.89 bits per heavy atom. The highest BCUT2D eigenvalue weighted by Gasteiger charge is 2.16. The van der Waals surface area contributed by atoms with Gasteiger partial charge < -0.3 is 10.1 Å². The van der Waals surface area contributed by atoms with Gasteiger partial charge in [-0.05, 0) is 43.0 Å². The lowest BCUT2D eigenvalue weighted by atomic mass is 10.0. The van der Waals surface area contributed by atoms with Crippen LogP contribution in [-0.4, -0.2) is 18.6 Å². The van der Waals surface area contributed by atoms with Gasteiger partial charge in [0.25, 0.3) is 5.91 Å². The van der Waals surface area contributed by atoms with E-state index in [1.165, 1.54) is 0 Å². The van der Waals surface area contributed by atoms with Crippen LogP contribution in [-0.2, 0) is 6.42 Å². The first-order valence-electron chi connectivity index (χ1n) is 6.63. The molecule has 0 bridgehead atoms. The molecule has 1 aromatic rings. The summed E-state index contributed by atoms with van der Waals surface area (Å²) in [6.45, 7) is 7.10. The predicted octanol–water partition coefficient (Wildman–Crippen LogP) is 2.79. The third-order valence-electron chi connectivity index (χ3n) is 3.15. The second kappa shape index (κ2) is 5.42. The van der Waals surface area contributed by atoms with Crippen molar-refractivity contribution in [1.82, 2.24) is 5.32 Å². The van der Waals surface area contributed by atoms with Crippen LogP contribution in [0, 0.1) is 5.92 Å². The number of fused-ring (bicyclic) bond motifs is 1. The van der Waals surface area contributed by atoms with Crippen LogP contribution >= 0.6 is 0 Å². The largest absolute Gasteiger partial charge is 0.493 e. The van der Waals surface area contributed by atoms with E-state index >= 15 is 0 Å². The maximum atomic E-state index is 12.1. The number of amides is 1. The summed E-state index contributed by atoms with van der Waals surface area (Å²) in [5.41, 5.74) is 1.87. The van der Waals surface area contributed by atoms with E-state index in [0.29, 0.717) is 5.92 Å². The van der Waals surface area contributed by atoms with Gasteiger partial charge in [-0.2, -0.15) is 0 Å². The summed E-state index contributed by atoms with van der Waals surface area (Å²) in [7, 11) is 0. The summed E-state index contributed by atoms with van der Waals surface area (Å²) in [5.74, 6) is 1.52. The molecule has 0 spiro atoms. The van der Waals surface area contributed by atoms with E-state index in [1.54, 1.807) is 0 Å². The molecule has 18 heavy (non-hydrogen) atoms. The van der Waals surface area contributed by atoms with Crippen molar-refractivity contribution in [1.29, 1.82) is 0 Å². The minimum atomic E-state index is 0.0119. The van der Waals surface area contributed by atoms with E-state index in [9.17, 15) is 4.79 Å². The lowest BCUT2D eigenvalue weighted by molar-refractivity contribution is 0.0936. The summed E-state index contributed by atoms with van der Waals surface area (Å²) < 4.78 is 5.44. The number of benzene rings is 1. The lowest BCUT2D eigenvalue weighted by Gasteiger charge is -2.16. The van der Waals surface area contributed by atoms with E-state index in [0.717, 1.165) is 36.3 Å². The molecule has 1 aliphatic heterocycles. The molecule has 1 atom stereocenters. The number of hydrogen-bond donors (Lipinski definition) is 1. The molecule has 3 nitrogen and oxygen atoms in total. The third-order valence-corrected chi connectivity index (χ3v) is 3.15. The molecule has 0 fully saturated rings. The van der Waals surface area contributed by atoms with Gasteiger partial charge >= 0.3 is 0 Å². The van der Waals surface area contributed by atoms with Crippen molar-refractivity contribution < 1.29 is 9.53 Å². The molecule has 1 unspecified atom stereocenters. The van der Waals surface area contributed by atoms with Crippen molar-refractivity contribution >= 4 is 5.91 Å². The Labute approximate surface area is 109 Å². The van der Waals surface area contributed by atoms with Crippen LogP contribution in [0.15, 0.2) is 18.2 Å². The van der Waals surface area contributed by atoms with Crippen LogP contribution in [0.4, 0.5) is 0 Å². The van der Waals surface area contributed by atoms with Crippen LogP contribution < -0.4 is 10.1 Å². The number of carbonyl (C=O) groups is 1. The average molecular weight is 247 g/mol. The average Bonchev–Trinajstić information content (AvgIpc) is 2.74. The highest BCUT2D eigenvalue weighted by atomic mass is 16.5. The summed E-state index contributed by atoms with van der Waals surface area (Å²) in [5, 5.41) is 3.04. The van der Waals surface area contributed by atoms with Crippen molar-refractivity contribution in [2.75, 3.05) is 6.61 Å². The molecule has 1 aliphatic rings.